The largest absolute Gasteiger partial charge is 0.394 e. The topological polar surface area (TPSA) is 43.7 Å². The molecule has 1 fully saturated rings. The number of aliphatic hydroxyl groups excluding tert-OH is 2. The lowest BCUT2D eigenvalue weighted by Crippen LogP contribution is -2.45. The molecule has 2 unspecified atom stereocenters. The Bertz CT molecular complexity index is 399. The quantitative estimate of drug-likeness (QED) is 0.870. The van der Waals surface area contributed by atoms with Crippen molar-refractivity contribution >= 4 is 11.6 Å². The summed E-state index contributed by atoms with van der Waals surface area (Å²) >= 11 is 6.02. The van der Waals surface area contributed by atoms with E-state index in [1.54, 1.807) is 0 Å². The Hall–Kier alpha value is -0.610. The summed E-state index contributed by atoms with van der Waals surface area (Å²) in [6.45, 7) is 1.39. The molecule has 0 spiro atoms. The van der Waals surface area contributed by atoms with E-state index in [9.17, 15) is 5.11 Å². The predicted molar refractivity (Wildman–Crippen MR) is 77.5 cm³/mol. The smallest absolute Gasteiger partial charge is 0.0897 e. The molecule has 1 aromatic rings. The Labute approximate surface area is 119 Å². The molecule has 1 aromatic carbocycles. The number of aliphatic hydroxyl groups is 2. The fraction of sp³-hybridized carbons (Fsp3) is 0.600. The van der Waals surface area contributed by atoms with E-state index in [0.29, 0.717) is 12.6 Å². The lowest BCUT2D eigenvalue weighted by molar-refractivity contribution is 0.0332. The minimum atomic E-state index is -0.639. The molecule has 4 heteroatoms. The van der Waals surface area contributed by atoms with Gasteiger partial charge >= 0.3 is 0 Å². The normalized spacial score (nSPS) is 22.4. The van der Waals surface area contributed by atoms with Crippen LogP contribution in [0.2, 0.25) is 5.02 Å². The van der Waals surface area contributed by atoms with Gasteiger partial charge in [0.15, 0.2) is 0 Å². The maximum Gasteiger partial charge on any atom is 0.0897 e. The number of likely N-dealkylation sites (tertiary alicyclic amines) is 1. The first kappa shape index (κ1) is 14.8. The van der Waals surface area contributed by atoms with E-state index in [0.717, 1.165) is 24.4 Å². The highest BCUT2D eigenvalue weighted by atomic mass is 35.5. The van der Waals surface area contributed by atoms with E-state index in [1.807, 2.05) is 18.2 Å². The lowest BCUT2D eigenvalue weighted by Gasteiger charge is -2.36. The standard InChI is InChI=1S/C15H22ClNO2/c16-13-5-3-4-12(8-13)9-14-6-1-2-7-17(14)10-15(19)11-18/h3-5,8,14-15,18-19H,1-2,6-7,9-11H2. The second-order valence-corrected chi connectivity index (χ2v) is 5.75. The molecule has 1 aliphatic rings. The van der Waals surface area contributed by atoms with Crippen LogP contribution in [-0.4, -0.2) is 47.0 Å². The van der Waals surface area contributed by atoms with Crippen LogP contribution in [0.15, 0.2) is 24.3 Å². The molecule has 19 heavy (non-hydrogen) atoms. The van der Waals surface area contributed by atoms with Crippen molar-refractivity contribution in [2.45, 2.75) is 37.8 Å². The highest BCUT2D eigenvalue weighted by Gasteiger charge is 2.24. The third kappa shape index (κ3) is 4.46. The summed E-state index contributed by atoms with van der Waals surface area (Å²) in [6, 6.07) is 8.42. The molecule has 0 aromatic heterocycles. The molecule has 2 atom stereocenters. The van der Waals surface area contributed by atoms with Crippen molar-refractivity contribution in [3.63, 3.8) is 0 Å². The second kappa shape index (κ2) is 7.25. The van der Waals surface area contributed by atoms with Gasteiger partial charge in [-0.05, 0) is 43.5 Å². The van der Waals surface area contributed by atoms with Gasteiger partial charge in [0.2, 0.25) is 0 Å². The minimum absolute atomic E-state index is 0.166. The third-order valence-electron chi connectivity index (χ3n) is 3.77. The number of rotatable bonds is 5. The van der Waals surface area contributed by atoms with Crippen LogP contribution >= 0.6 is 11.6 Å². The molecule has 2 N–H and O–H groups in total. The molecule has 1 heterocycles. The van der Waals surface area contributed by atoms with Gasteiger partial charge in [-0.15, -0.1) is 0 Å². The average Bonchev–Trinajstić information content (AvgIpc) is 2.41. The molecule has 0 saturated carbocycles. The average molecular weight is 284 g/mol. The molecule has 0 amide bonds. The highest BCUT2D eigenvalue weighted by molar-refractivity contribution is 6.30. The first-order chi connectivity index (χ1) is 9.19. The van der Waals surface area contributed by atoms with Gasteiger partial charge in [0, 0.05) is 17.6 Å². The summed E-state index contributed by atoms with van der Waals surface area (Å²) in [6.07, 6.45) is 3.87. The molecule has 1 saturated heterocycles. The van der Waals surface area contributed by atoms with Crippen LogP contribution in [0.5, 0.6) is 0 Å². The summed E-state index contributed by atoms with van der Waals surface area (Å²) < 4.78 is 0. The van der Waals surface area contributed by atoms with E-state index >= 15 is 0 Å². The van der Waals surface area contributed by atoms with E-state index in [4.69, 9.17) is 16.7 Å². The lowest BCUT2D eigenvalue weighted by atomic mass is 9.95. The third-order valence-corrected chi connectivity index (χ3v) is 4.00. The molecule has 3 nitrogen and oxygen atoms in total. The van der Waals surface area contributed by atoms with Gasteiger partial charge in [-0.1, -0.05) is 30.2 Å². The molecular formula is C15H22ClNO2. The van der Waals surface area contributed by atoms with Crippen LogP contribution in [0.4, 0.5) is 0 Å². The van der Waals surface area contributed by atoms with E-state index < -0.39 is 6.10 Å². The number of halogens is 1. The molecule has 1 aliphatic heterocycles. The van der Waals surface area contributed by atoms with Gasteiger partial charge in [-0.2, -0.15) is 0 Å². The first-order valence-electron chi connectivity index (χ1n) is 6.96. The Kier molecular flexibility index (Phi) is 5.64. The maximum absolute atomic E-state index is 9.63. The van der Waals surface area contributed by atoms with Crippen LogP contribution in [-0.2, 0) is 6.42 Å². The summed E-state index contributed by atoms with van der Waals surface area (Å²) in [5.41, 5.74) is 1.24. The SMILES string of the molecule is OCC(O)CN1CCCCC1Cc1cccc(Cl)c1. The van der Waals surface area contributed by atoms with Crippen LogP contribution in [0, 0.1) is 0 Å². The van der Waals surface area contributed by atoms with Crippen molar-refractivity contribution in [1.82, 2.24) is 4.90 Å². The molecule has 106 valence electrons. The Morgan fingerprint density at radius 3 is 2.95 bits per heavy atom. The molecule has 0 aliphatic carbocycles. The maximum atomic E-state index is 9.63. The zero-order valence-electron chi connectivity index (χ0n) is 11.1. The molecule has 2 rings (SSSR count). The Balaban J connectivity index is 1.99. The Morgan fingerprint density at radius 1 is 1.37 bits per heavy atom. The number of benzene rings is 1. The molecular weight excluding hydrogens is 262 g/mol. The van der Waals surface area contributed by atoms with E-state index in [-0.39, 0.29) is 6.61 Å². The summed E-state index contributed by atoms with van der Waals surface area (Å²) in [7, 11) is 0. The van der Waals surface area contributed by atoms with Crippen LogP contribution in [0.25, 0.3) is 0 Å². The van der Waals surface area contributed by atoms with Gasteiger partial charge in [0.05, 0.1) is 12.7 Å². The van der Waals surface area contributed by atoms with Gasteiger partial charge in [0.25, 0.3) is 0 Å². The second-order valence-electron chi connectivity index (χ2n) is 5.31. The monoisotopic (exact) mass is 283 g/mol. The highest BCUT2D eigenvalue weighted by Crippen LogP contribution is 2.22. The van der Waals surface area contributed by atoms with Crippen molar-refractivity contribution in [3.05, 3.63) is 34.9 Å². The summed E-state index contributed by atoms with van der Waals surface area (Å²) in [5, 5.41) is 19.4. The summed E-state index contributed by atoms with van der Waals surface area (Å²) in [5.74, 6) is 0. The number of β-amino-alcohol motifs (C(OH)–C–C–N with tert-alkyl or cyclic N) is 1. The van der Waals surface area contributed by atoms with Gasteiger partial charge in [0.1, 0.15) is 0 Å². The summed E-state index contributed by atoms with van der Waals surface area (Å²) in [4.78, 5) is 2.30. The van der Waals surface area contributed by atoms with Crippen molar-refractivity contribution in [3.8, 4) is 0 Å². The number of nitrogens with zero attached hydrogens (tertiary/aromatic N) is 1. The van der Waals surface area contributed by atoms with Gasteiger partial charge in [-0.3, -0.25) is 4.90 Å². The zero-order valence-corrected chi connectivity index (χ0v) is 11.9. The fourth-order valence-corrected chi connectivity index (χ4v) is 3.01. The van der Waals surface area contributed by atoms with Crippen molar-refractivity contribution in [1.29, 1.82) is 0 Å². The van der Waals surface area contributed by atoms with Gasteiger partial charge in [-0.25, -0.2) is 0 Å². The van der Waals surface area contributed by atoms with Crippen molar-refractivity contribution < 1.29 is 10.2 Å². The predicted octanol–water partition coefficient (Wildman–Crippen LogP) is 2.09. The van der Waals surface area contributed by atoms with Crippen molar-refractivity contribution in [2.75, 3.05) is 19.7 Å². The van der Waals surface area contributed by atoms with Crippen molar-refractivity contribution in [2.24, 2.45) is 0 Å². The Morgan fingerprint density at radius 2 is 2.21 bits per heavy atom. The number of hydrogen-bond donors (Lipinski definition) is 2. The molecule has 0 radical (unpaired) electrons. The van der Waals surface area contributed by atoms with Crippen LogP contribution in [0.3, 0.4) is 0 Å². The molecule has 0 bridgehead atoms. The first-order valence-corrected chi connectivity index (χ1v) is 7.34. The minimum Gasteiger partial charge on any atom is -0.394 e. The van der Waals surface area contributed by atoms with Crippen LogP contribution in [0.1, 0.15) is 24.8 Å². The van der Waals surface area contributed by atoms with E-state index in [2.05, 4.69) is 11.0 Å². The zero-order chi connectivity index (χ0) is 13.7. The van der Waals surface area contributed by atoms with Gasteiger partial charge < -0.3 is 10.2 Å². The van der Waals surface area contributed by atoms with E-state index in [1.165, 1.54) is 18.4 Å². The fourth-order valence-electron chi connectivity index (χ4n) is 2.80. The number of hydrogen-bond acceptors (Lipinski definition) is 3. The van der Waals surface area contributed by atoms with Crippen LogP contribution < -0.4 is 0 Å². The number of piperidine rings is 1.